The number of aryl methyl sites for hydroxylation is 2. The van der Waals surface area contributed by atoms with E-state index in [9.17, 15) is 14.0 Å². The second kappa shape index (κ2) is 11.8. The highest BCUT2D eigenvalue weighted by atomic mass is 19.1. The highest BCUT2D eigenvalue weighted by molar-refractivity contribution is 6.05. The summed E-state index contributed by atoms with van der Waals surface area (Å²) in [6, 6.07) is 6.40. The van der Waals surface area contributed by atoms with Gasteiger partial charge in [0, 0.05) is 13.3 Å². The summed E-state index contributed by atoms with van der Waals surface area (Å²) >= 11 is 0. The predicted octanol–water partition coefficient (Wildman–Crippen LogP) is 6.86. The van der Waals surface area contributed by atoms with Crippen molar-refractivity contribution < 1.29 is 32.6 Å². The van der Waals surface area contributed by atoms with E-state index in [0.29, 0.717) is 53.3 Å². The fourth-order valence-electron chi connectivity index (χ4n) is 4.11. The molecule has 1 unspecified atom stereocenters. The van der Waals surface area contributed by atoms with E-state index in [0.717, 1.165) is 5.56 Å². The van der Waals surface area contributed by atoms with Crippen molar-refractivity contribution in [2.45, 2.75) is 79.2 Å². The Labute approximate surface area is 217 Å². The highest BCUT2D eigenvalue weighted by Crippen LogP contribution is 2.43. The van der Waals surface area contributed by atoms with Crippen LogP contribution >= 0.6 is 0 Å². The number of fused-ring (bicyclic) bond motifs is 1. The van der Waals surface area contributed by atoms with Gasteiger partial charge in [0.1, 0.15) is 16.9 Å². The van der Waals surface area contributed by atoms with E-state index in [2.05, 4.69) is 4.98 Å². The molecule has 0 spiro atoms. The van der Waals surface area contributed by atoms with Gasteiger partial charge in [0.25, 0.3) is 0 Å². The number of Topliss-reactive ketones (excluding diaryl/α,β-unsaturated/α-hetero) is 1. The van der Waals surface area contributed by atoms with Crippen LogP contribution in [0.4, 0.5) is 4.39 Å². The molecule has 1 aromatic heterocycles. The zero-order chi connectivity index (χ0) is 27.3. The van der Waals surface area contributed by atoms with E-state index in [1.54, 1.807) is 26.0 Å². The average Bonchev–Trinajstić information content (AvgIpc) is 3.19. The number of nitrogens with zero attached hydrogens (tertiary/aromatic N) is 1. The lowest BCUT2D eigenvalue weighted by Gasteiger charge is -2.20. The first-order valence-electron chi connectivity index (χ1n) is 12.5. The summed E-state index contributed by atoms with van der Waals surface area (Å²) in [6.45, 7) is 13.0. The van der Waals surface area contributed by atoms with Gasteiger partial charge in [0.15, 0.2) is 17.4 Å². The number of hydrogen-bond donors (Lipinski definition) is 0. The van der Waals surface area contributed by atoms with Crippen LogP contribution in [0.1, 0.15) is 87.2 Å². The van der Waals surface area contributed by atoms with Gasteiger partial charge in [-0.2, -0.15) is 0 Å². The van der Waals surface area contributed by atoms with Gasteiger partial charge in [0.2, 0.25) is 11.3 Å². The topological polar surface area (TPSA) is 87.9 Å². The summed E-state index contributed by atoms with van der Waals surface area (Å²) in [7, 11) is 0. The van der Waals surface area contributed by atoms with Crippen molar-refractivity contribution >= 4 is 22.9 Å². The number of esters is 1. The summed E-state index contributed by atoms with van der Waals surface area (Å²) in [6.07, 6.45) is 1.22. The molecule has 0 aliphatic carbocycles. The molecular weight excluding hydrogens is 477 g/mol. The van der Waals surface area contributed by atoms with Crippen LogP contribution in [0.5, 0.6) is 11.5 Å². The molecule has 0 saturated carbocycles. The molecule has 0 saturated heterocycles. The Morgan fingerprint density at radius 1 is 1.05 bits per heavy atom. The van der Waals surface area contributed by atoms with Gasteiger partial charge < -0.3 is 18.6 Å². The Balaban J connectivity index is 1.83. The molecule has 0 fully saturated rings. The molecule has 1 atom stereocenters. The quantitative estimate of drug-likeness (QED) is 0.157. The molecule has 0 amide bonds. The van der Waals surface area contributed by atoms with Gasteiger partial charge >= 0.3 is 5.97 Å². The van der Waals surface area contributed by atoms with Gasteiger partial charge in [-0.25, -0.2) is 9.37 Å². The van der Waals surface area contributed by atoms with E-state index in [1.807, 2.05) is 27.7 Å². The maximum atomic E-state index is 13.3. The monoisotopic (exact) mass is 513 g/mol. The van der Waals surface area contributed by atoms with E-state index >= 15 is 0 Å². The van der Waals surface area contributed by atoms with Crippen LogP contribution in [-0.2, 0) is 9.53 Å². The van der Waals surface area contributed by atoms with Crippen LogP contribution in [-0.4, -0.2) is 35.6 Å². The number of rotatable bonds is 11. The minimum atomic E-state index is -0.557. The second-order valence-corrected chi connectivity index (χ2v) is 10.3. The van der Waals surface area contributed by atoms with Gasteiger partial charge in [-0.1, -0.05) is 19.1 Å². The van der Waals surface area contributed by atoms with E-state index < -0.39 is 5.60 Å². The number of hydrogen-bond acceptors (Lipinski definition) is 7. The number of oxazole rings is 1. The number of benzene rings is 2. The zero-order valence-corrected chi connectivity index (χ0v) is 22.7. The zero-order valence-electron chi connectivity index (χ0n) is 22.7. The summed E-state index contributed by atoms with van der Waals surface area (Å²) in [5.41, 5.74) is 2.42. The fourth-order valence-corrected chi connectivity index (χ4v) is 4.11. The normalized spacial score (nSPS) is 12.4. The van der Waals surface area contributed by atoms with Crippen molar-refractivity contribution in [1.29, 1.82) is 0 Å². The van der Waals surface area contributed by atoms with E-state index in [1.165, 1.54) is 19.1 Å². The first-order chi connectivity index (χ1) is 17.4. The highest BCUT2D eigenvalue weighted by Gasteiger charge is 2.27. The third-order valence-electron chi connectivity index (χ3n) is 5.88. The number of ether oxygens (including phenoxy) is 3. The van der Waals surface area contributed by atoms with Crippen molar-refractivity contribution in [3.63, 3.8) is 0 Å². The molecule has 2 aromatic carbocycles. The third kappa shape index (κ3) is 7.31. The minimum Gasteiger partial charge on any atom is -0.489 e. The molecule has 1 heterocycles. The Kier molecular flexibility index (Phi) is 8.94. The van der Waals surface area contributed by atoms with Crippen molar-refractivity contribution in [3.8, 4) is 11.5 Å². The first kappa shape index (κ1) is 28.2. The third-order valence-corrected chi connectivity index (χ3v) is 5.88. The van der Waals surface area contributed by atoms with Crippen LogP contribution in [0.3, 0.4) is 0 Å². The first-order valence-corrected chi connectivity index (χ1v) is 12.5. The maximum absolute atomic E-state index is 13.3. The standard InChI is InChI=1S/C29H36FNO6/c1-17(21-10-12-22(30)13-11-21)14-16-35-28-26(34-15-8-9-23(33)37-29(5,6)7)24(19(3)32)18(2)25-27(28)36-20(4)31-25/h10-13,17H,8-9,14-16H2,1-7H3. The lowest BCUT2D eigenvalue weighted by Crippen LogP contribution is -2.24. The van der Waals surface area contributed by atoms with Crippen LogP contribution in [0.15, 0.2) is 28.7 Å². The largest absolute Gasteiger partial charge is 0.489 e. The molecule has 0 bridgehead atoms. The molecular formula is C29H36FNO6. The van der Waals surface area contributed by atoms with E-state index in [4.69, 9.17) is 18.6 Å². The molecule has 0 radical (unpaired) electrons. The summed E-state index contributed by atoms with van der Waals surface area (Å²) in [5, 5.41) is 0. The van der Waals surface area contributed by atoms with Gasteiger partial charge in [-0.3, -0.25) is 9.59 Å². The Morgan fingerprint density at radius 2 is 1.70 bits per heavy atom. The molecule has 37 heavy (non-hydrogen) atoms. The second-order valence-electron chi connectivity index (χ2n) is 10.3. The van der Waals surface area contributed by atoms with Crippen molar-refractivity contribution in [2.24, 2.45) is 0 Å². The number of aromatic nitrogens is 1. The molecule has 0 aliphatic rings. The van der Waals surface area contributed by atoms with Crippen LogP contribution in [0.25, 0.3) is 11.1 Å². The summed E-state index contributed by atoms with van der Waals surface area (Å²) < 4.78 is 36.8. The number of carbonyl (C=O) groups is 2. The Morgan fingerprint density at radius 3 is 2.32 bits per heavy atom. The van der Waals surface area contributed by atoms with Crippen molar-refractivity contribution in [1.82, 2.24) is 4.98 Å². The number of ketones is 1. The van der Waals surface area contributed by atoms with Crippen LogP contribution in [0.2, 0.25) is 0 Å². The lowest BCUT2D eigenvalue weighted by molar-refractivity contribution is -0.155. The average molecular weight is 514 g/mol. The van der Waals surface area contributed by atoms with Crippen molar-refractivity contribution in [3.05, 3.63) is 52.7 Å². The minimum absolute atomic E-state index is 0.114. The number of carbonyl (C=O) groups excluding carboxylic acids is 2. The summed E-state index contributed by atoms with van der Waals surface area (Å²) in [5.74, 6) is 0.378. The van der Waals surface area contributed by atoms with E-state index in [-0.39, 0.29) is 42.3 Å². The summed E-state index contributed by atoms with van der Waals surface area (Å²) in [4.78, 5) is 29.2. The predicted molar refractivity (Wildman–Crippen MR) is 139 cm³/mol. The number of halogens is 1. The smallest absolute Gasteiger partial charge is 0.306 e. The van der Waals surface area contributed by atoms with Gasteiger partial charge in [0.05, 0.1) is 18.8 Å². The van der Waals surface area contributed by atoms with Crippen molar-refractivity contribution in [2.75, 3.05) is 13.2 Å². The molecule has 3 rings (SSSR count). The lowest BCUT2D eigenvalue weighted by atomic mass is 9.98. The maximum Gasteiger partial charge on any atom is 0.306 e. The van der Waals surface area contributed by atoms with Crippen LogP contribution in [0, 0.1) is 19.7 Å². The van der Waals surface area contributed by atoms with Gasteiger partial charge in [-0.05, 0) is 76.6 Å². The molecule has 8 heteroatoms. The molecule has 0 aliphatic heterocycles. The molecule has 0 N–H and O–H groups in total. The Hall–Kier alpha value is -3.42. The van der Waals surface area contributed by atoms with Gasteiger partial charge in [-0.15, -0.1) is 0 Å². The fraction of sp³-hybridized carbons (Fsp3) is 0.483. The Bertz CT molecular complexity index is 1260. The SMILES string of the molecule is CC(=O)c1c(OCCCC(=O)OC(C)(C)C)c(OCCC(C)c2ccc(F)cc2)c2oc(C)nc2c1C. The van der Waals surface area contributed by atoms with Crippen LogP contribution < -0.4 is 9.47 Å². The molecule has 200 valence electrons. The molecule has 7 nitrogen and oxygen atoms in total. The molecule has 3 aromatic rings.